The van der Waals surface area contributed by atoms with Gasteiger partial charge in [0.15, 0.2) is 0 Å². The minimum Gasteiger partial charge on any atom is -0.0720 e. The number of rotatable bonds is 2. The van der Waals surface area contributed by atoms with Crippen molar-refractivity contribution in [2.24, 2.45) is 0 Å². The van der Waals surface area contributed by atoms with Crippen LogP contribution in [0.15, 0.2) is 54.6 Å². The van der Waals surface area contributed by atoms with Crippen molar-refractivity contribution in [1.82, 2.24) is 0 Å². The van der Waals surface area contributed by atoms with Gasteiger partial charge in [0, 0.05) is 5.92 Å². The summed E-state index contributed by atoms with van der Waals surface area (Å²) in [5, 5.41) is 2.13. The SMILES string of the molecule is CC(C)(C)P(c1ccccc1C1C=Cc2ccccc21)C(C)(C)C. The summed E-state index contributed by atoms with van der Waals surface area (Å²) in [5.41, 5.74) is 4.31. The van der Waals surface area contributed by atoms with Crippen LogP contribution >= 0.6 is 7.92 Å². The van der Waals surface area contributed by atoms with Crippen LogP contribution in [-0.4, -0.2) is 10.3 Å². The van der Waals surface area contributed by atoms with Crippen LogP contribution in [0.2, 0.25) is 0 Å². The second kappa shape index (κ2) is 6.16. The van der Waals surface area contributed by atoms with Crippen LogP contribution in [0.1, 0.15) is 64.2 Å². The molecule has 0 fully saturated rings. The highest BCUT2D eigenvalue weighted by molar-refractivity contribution is 7.68. The third-order valence-corrected chi connectivity index (χ3v) is 8.23. The Labute approximate surface area is 148 Å². The first-order valence-electron chi connectivity index (χ1n) is 8.86. The minimum atomic E-state index is -0.298. The van der Waals surface area contributed by atoms with Crippen LogP contribution in [0.4, 0.5) is 0 Å². The molecule has 0 saturated heterocycles. The molecule has 3 rings (SSSR count). The van der Waals surface area contributed by atoms with Crippen molar-refractivity contribution in [3.05, 3.63) is 71.3 Å². The van der Waals surface area contributed by atoms with E-state index in [1.807, 2.05) is 0 Å². The van der Waals surface area contributed by atoms with Gasteiger partial charge in [0.2, 0.25) is 0 Å². The molecule has 0 nitrogen and oxygen atoms in total. The van der Waals surface area contributed by atoms with E-state index >= 15 is 0 Å². The molecule has 0 aliphatic heterocycles. The molecular formula is C23H29P. The van der Waals surface area contributed by atoms with Crippen molar-refractivity contribution >= 4 is 19.3 Å². The van der Waals surface area contributed by atoms with Gasteiger partial charge in [-0.15, -0.1) is 0 Å². The Balaban J connectivity index is 2.15. The molecule has 0 saturated carbocycles. The van der Waals surface area contributed by atoms with Crippen molar-refractivity contribution in [1.29, 1.82) is 0 Å². The summed E-state index contributed by atoms with van der Waals surface area (Å²) >= 11 is 0. The zero-order chi connectivity index (χ0) is 17.5. The van der Waals surface area contributed by atoms with Crippen molar-refractivity contribution in [2.75, 3.05) is 0 Å². The highest BCUT2D eigenvalue weighted by Gasteiger charge is 2.37. The molecule has 1 aliphatic carbocycles. The molecule has 0 radical (unpaired) electrons. The number of fused-ring (bicyclic) bond motifs is 1. The van der Waals surface area contributed by atoms with Crippen LogP contribution in [0.25, 0.3) is 6.08 Å². The number of hydrogen-bond acceptors (Lipinski definition) is 0. The van der Waals surface area contributed by atoms with Crippen molar-refractivity contribution in [3.63, 3.8) is 0 Å². The first-order valence-corrected chi connectivity index (χ1v) is 10.2. The summed E-state index contributed by atoms with van der Waals surface area (Å²) in [6.07, 6.45) is 4.66. The third kappa shape index (κ3) is 3.22. The van der Waals surface area contributed by atoms with Crippen molar-refractivity contribution in [3.8, 4) is 0 Å². The van der Waals surface area contributed by atoms with Crippen LogP contribution in [0.3, 0.4) is 0 Å². The van der Waals surface area contributed by atoms with Crippen molar-refractivity contribution < 1.29 is 0 Å². The molecule has 0 N–H and O–H groups in total. The summed E-state index contributed by atoms with van der Waals surface area (Å²) in [6, 6.07) is 18.0. The Kier molecular flexibility index (Phi) is 4.47. The molecule has 1 atom stereocenters. The smallest absolute Gasteiger partial charge is 0.0285 e. The Morgan fingerprint density at radius 2 is 1.25 bits per heavy atom. The zero-order valence-corrected chi connectivity index (χ0v) is 16.7. The van der Waals surface area contributed by atoms with Gasteiger partial charge in [-0.05, 0) is 32.3 Å². The maximum atomic E-state index is 2.40. The number of benzene rings is 2. The lowest BCUT2D eigenvalue weighted by atomic mass is 9.93. The zero-order valence-electron chi connectivity index (χ0n) is 15.8. The maximum absolute atomic E-state index is 2.40. The van der Waals surface area contributed by atoms with E-state index in [2.05, 4.69) is 102 Å². The summed E-state index contributed by atoms with van der Waals surface area (Å²) < 4.78 is 0. The molecule has 1 heteroatoms. The van der Waals surface area contributed by atoms with Crippen LogP contribution in [-0.2, 0) is 0 Å². The number of allylic oxidation sites excluding steroid dienone is 1. The van der Waals surface area contributed by atoms with Crippen molar-refractivity contribution in [2.45, 2.75) is 57.8 Å². The van der Waals surface area contributed by atoms with Crippen LogP contribution < -0.4 is 5.30 Å². The fraction of sp³-hybridized carbons (Fsp3) is 0.391. The molecule has 0 aromatic heterocycles. The number of hydrogen-bond donors (Lipinski definition) is 0. The Morgan fingerprint density at radius 3 is 1.88 bits per heavy atom. The summed E-state index contributed by atoms with van der Waals surface area (Å²) in [7, 11) is -0.298. The lowest BCUT2D eigenvalue weighted by Gasteiger charge is -2.43. The molecule has 0 heterocycles. The van der Waals surface area contributed by atoms with Gasteiger partial charge in [0.05, 0.1) is 0 Å². The van der Waals surface area contributed by atoms with Gasteiger partial charge in [-0.3, -0.25) is 0 Å². The van der Waals surface area contributed by atoms with Gasteiger partial charge in [0.1, 0.15) is 0 Å². The molecule has 0 amide bonds. The van der Waals surface area contributed by atoms with Crippen LogP contribution in [0.5, 0.6) is 0 Å². The third-order valence-electron chi connectivity index (χ3n) is 4.65. The van der Waals surface area contributed by atoms with E-state index < -0.39 is 0 Å². The summed E-state index contributed by atoms with van der Waals surface area (Å²) in [4.78, 5) is 0. The predicted octanol–water partition coefficient (Wildman–Crippen LogP) is 6.55. The van der Waals surface area contributed by atoms with E-state index in [0.29, 0.717) is 5.92 Å². The maximum Gasteiger partial charge on any atom is 0.0285 e. The van der Waals surface area contributed by atoms with Gasteiger partial charge < -0.3 is 0 Å². The van der Waals surface area contributed by atoms with Gasteiger partial charge >= 0.3 is 0 Å². The molecule has 2 aromatic carbocycles. The van der Waals surface area contributed by atoms with E-state index in [-0.39, 0.29) is 18.2 Å². The summed E-state index contributed by atoms with van der Waals surface area (Å²) in [6.45, 7) is 14.4. The average Bonchev–Trinajstić information content (AvgIpc) is 2.89. The molecule has 1 aliphatic rings. The fourth-order valence-electron chi connectivity index (χ4n) is 4.20. The second-order valence-electron chi connectivity index (χ2n) is 8.70. The molecular weight excluding hydrogens is 307 g/mol. The van der Waals surface area contributed by atoms with E-state index in [4.69, 9.17) is 0 Å². The quantitative estimate of drug-likeness (QED) is 0.546. The standard InChI is InChI=1S/C23H29P/c1-22(2,3)24(23(4,5)6)21-14-10-9-13-20(21)19-16-15-17-11-7-8-12-18(17)19/h7-16,19H,1-6H3. The molecule has 1 unspecified atom stereocenters. The van der Waals surface area contributed by atoms with Gasteiger partial charge in [-0.2, -0.15) is 0 Å². The Morgan fingerprint density at radius 1 is 0.708 bits per heavy atom. The largest absolute Gasteiger partial charge is 0.0720 e. The Hall–Kier alpha value is -1.39. The normalized spacial score (nSPS) is 17.4. The lowest BCUT2D eigenvalue weighted by molar-refractivity contribution is 0.714. The van der Waals surface area contributed by atoms with E-state index in [9.17, 15) is 0 Å². The van der Waals surface area contributed by atoms with E-state index in [1.165, 1.54) is 16.7 Å². The van der Waals surface area contributed by atoms with Crippen LogP contribution in [0, 0.1) is 0 Å². The van der Waals surface area contributed by atoms with E-state index in [1.54, 1.807) is 5.30 Å². The highest BCUT2D eigenvalue weighted by Crippen LogP contribution is 2.59. The first kappa shape index (κ1) is 17.4. The predicted molar refractivity (Wildman–Crippen MR) is 110 cm³/mol. The summed E-state index contributed by atoms with van der Waals surface area (Å²) in [5.74, 6) is 0.395. The minimum absolute atomic E-state index is 0.283. The molecule has 2 aromatic rings. The van der Waals surface area contributed by atoms with Gasteiger partial charge in [-0.25, -0.2) is 0 Å². The highest BCUT2D eigenvalue weighted by atomic mass is 31.1. The van der Waals surface area contributed by atoms with Gasteiger partial charge in [0.25, 0.3) is 0 Å². The average molecular weight is 336 g/mol. The monoisotopic (exact) mass is 336 g/mol. The van der Waals surface area contributed by atoms with E-state index in [0.717, 1.165) is 0 Å². The molecule has 24 heavy (non-hydrogen) atoms. The Bertz CT molecular complexity index is 742. The second-order valence-corrected chi connectivity index (χ2v) is 12.5. The first-order chi connectivity index (χ1) is 11.2. The molecule has 126 valence electrons. The molecule has 0 bridgehead atoms. The molecule has 0 spiro atoms. The lowest BCUT2D eigenvalue weighted by Crippen LogP contribution is -2.33. The topological polar surface area (TPSA) is 0 Å². The fourth-order valence-corrected chi connectivity index (χ4v) is 8.37. The van der Waals surface area contributed by atoms with Gasteiger partial charge in [-0.1, -0.05) is 110 Å².